The first kappa shape index (κ1) is 23.7. The third-order valence-electron chi connectivity index (χ3n) is 6.67. The minimum Gasteiger partial charge on any atom is -0.290 e. The van der Waals surface area contributed by atoms with E-state index in [2.05, 4.69) is 40.3 Å². The maximum absolute atomic E-state index is 12.3. The number of fused-ring (bicyclic) bond motifs is 6. The number of Topliss-reactive ketones (excluding diaryl/α,β-unsaturated/α-hetero) is 2. The van der Waals surface area contributed by atoms with Gasteiger partial charge in [-0.1, -0.05) is 62.4 Å². The van der Waals surface area contributed by atoms with Gasteiger partial charge in [-0.25, -0.2) is 0 Å². The van der Waals surface area contributed by atoms with E-state index >= 15 is 0 Å². The van der Waals surface area contributed by atoms with Crippen LogP contribution in [0.5, 0.6) is 0 Å². The number of hydrogen-bond acceptors (Lipinski definition) is 6. The number of ketones is 2. The molecule has 0 aliphatic heterocycles. The summed E-state index contributed by atoms with van der Waals surface area (Å²) in [5, 5.41) is 4.62. The van der Waals surface area contributed by atoms with Crippen LogP contribution >= 0.6 is 0 Å². The van der Waals surface area contributed by atoms with Gasteiger partial charge < -0.3 is 0 Å². The van der Waals surface area contributed by atoms with E-state index in [-0.39, 0.29) is 28.3 Å². The molecule has 0 spiro atoms. The van der Waals surface area contributed by atoms with Crippen molar-refractivity contribution in [2.75, 3.05) is 0 Å². The molecule has 0 radical (unpaired) electrons. The molecule has 0 bridgehead atoms. The van der Waals surface area contributed by atoms with Gasteiger partial charge in [-0.15, -0.1) is 0 Å². The second kappa shape index (κ2) is 8.89. The van der Waals surface area contributed by atoms with Crippen LogP contribution < -0.4 is 0 Å². The summed E-state index contributed by atoms with van der Waals surface area (Å²) in [4.78, 5) is 32.1. The molecule has 0 amide bonds. The molecule has 1 aromatic heterocycles. The van der Waals surface area contributed by atoms with E-state index in [0.29, 0.717) is 11.0 Å². The molecule has 0 saturated carbocycles. The standard InChI is InChI=1S/C20H16O2.C8H6N2O3S/c1-11-14-9-10-16-15-6-4-3-5-13(15)7-8-17(16)18(14)12(2)20(22)19(11)21;11-14(12,13)6-1-2-7-8(5-6)10-4-3-9-7/h3-12H,1-2H3;1-5H,(H,11,12,13). The predicted molar refractivity (Wildman–Crippen MR) is 138 cm³/mol. The highest BCUT2D eigenvalue weighted by Gasteiger charge is 2.37. The Balaban J connectivity index is 0.000000165. The highest BCUT2D eigenvalue weighted by atomic mass is 32.2. The van der Waals surface area contributed by atoms with E-state index in [0.717, 1.165) is 21.9 Å². The number of carbonyl (C=O) groups is 2. The average molecular weight is 499 g/mol. The summed E-state index contributed by atoms with van der Waals surface area (Å²) in [7, 11) is -4.16. The number of benzene rings is 4. The molecule has 1 aliphatic carbocycles. The van der Waals surface area contributed by atoms with Gasteiger partial charge in [0.15, 0.2) is 0 Å². The van der Waals surface area contributed by atoms with Crippen LogP contribution in [0.2, 0.25) is 0 Å². The van der Waals surface area contributed by atoms with Gasteiger partial charge in [0.05, 0.1) is 15.9 Å². The van der Waals surface area contributed by atoms with Gasteiger partial charge in [0, 0.05) is 24.2 Å². The van der Waals surface area contributed by atoms with Gasteiger partial charge in [0.2, 0.25) is 11.6 Å². The van der Waals surface area contributed by atoms with E-state index in [1.807, 2.05) is 32.0 Å². The van der Waals surface area contributed by atoms with E-state index < -0.39 is 10.1 Å². The first-order valence-corrected chi connectivity index (χ1v) is 12.8. The highest BCUT2D eigenvalue weighted by Crippen LogP contribution is 2.40. The number of nitrogens with zero attached hydrogens (tertiary/aromatic N) is 2. The van der Waals surface area contributed by atoms with Gasteiger partial charge in [0.25, 0.3) is 10.1 Å². The zero-order valence-electron chi connectivity index (χ0n) is 19.5. The molecule has 180 valence electrons. The Morgan fingerprint density at radius 1 is 0.722 bits per heavy atom. The Bertz CT molecular complexity index is 1800. The third kappa shape index (κ3) is 4.04. The molecule has 0 saturated heterocycles. The van der Waals surface area contributed by atoms with Crippen molar-refractivity contribution in [2.24, 2.45) is 0 Å². The molecule has 1 aliphatic rings. The smallest absolute Gasteiger partial charge is 0.290 e. The van der Waals surface area contributed by atoms with Crippen molar-refractivity contribution >= 4 is 54.3 Å². The molecule has 1 N–H and O–H groups in total. The maximum atomic E-state index is 12.3. The number of hydrogen-bond donors (Lipinski definition) is 1. The van der Waals surface area contributed by atoms with Crippen molar-refractivity contribution in [2.45, 2.75) is 30.6 Å². The van der Waals surface area contributed by atoms with Gasteiger partial charge in [0.1, 0.15) is 0 Å². The molecule has 5 aromatic rings. The molecule has 36 heavy (non-hydrogen) atoms. The number of rotatable bonds is 1. The molecule has 0 fully saturated rings. The van der Waals surface area contributed by atoms with Gasteiger partial charge in [-0.2, -0.15) is 8.42 Å². The monoisotopic (exact) mass is 498 g/mol. The van der Waals surface area contributed by atoms with Crippen LogP contribution in [-0.4, -0.2) is 34.5 Å². The van der Waals surface area contributed by atoms with Crippen LogP contribution in [0.3, 0.4) is 0 Å². The third-order valence-corrected chi connectivity index (χ3v) is 7.52. The fraction of sp³-hybridized carbons (Fsp3) is 0.143. The second-order valence-electron chi connectivity index (χ2n) is 8.80. The summed E-state index contributed by atoms with van der Waals surface area (Å²) in [5.74, 6) is -1.22. The fourth-order valence-corrected chi connectivity index (χ4v) is 5.29. The molecule has 2 atom stereocenters. The van der Waals surface area contributed by atoms with Crippen molar-refractivity contribution in [3.05, 3.63) is 90.3 Å². The molecule has 7 nitrogen and oxygen atoms in total. The molecule has 4 aromatic carbocycles. The highest BCUT2D eigenvalue weighted by molar-refractivity contribution is 7.85. The lowest BCUT2D eigenvalue weighted by Gasteiger charge is -2.27. The van der Waals surface area contributed by atoms with Crippen LogP contribution in [0.4, 0.5) is 0 Å². The van der Waals surface area contributed by atoms with E-state index in [1.54, 1.807) is 0 Å². The summed E-state index contributed by atoms with van der Waals surface area (Å²) in [6.07, 6.45) is 2.96. The van der Waals surface area contributed by atoms with Crippen molar-refractivity contribution in [3.63, 3.8) is 0 Å². The molecule has 1 heterocycles. The summed E-state index contributed by atoms with van der Waals surface area (Å²) in [6.45, 7) is 3.68. The zero-order valence-corrected chi connectivity index (χ0v) is 20.4. The molecule has 6 rings (SSSR count). The maximum Gasteiger partial charge on any atom is 0.294 e. The minimum atomic E-state index is -4.16. The lowest BCUT2D eigenvalue weighted by atomic mass is 9.74. The Kier molecular flexibility index (Phi) is 5.86. The van der Waals surface area contributed by atoms with Crippen LogP contribution in [0.15, 0.2) is 84.0 Å². The first-order chi connectivity index (χ1) is 17.2. The predicted octanol–water partition coefficient (Wildman–Crippen LogP) is 5.23. The van der Waals surface area contributed by atoms with Crippen molar-refractivity contribution in [1.29, 1.82) is 0 Å². The van der Waals surface area contributed by atoms with Crippen molar-refractivity contribution < 1.29 is 22.6 Å². The normalized spacial score (nSPS) is 17.6. The zero-order chi connectivity index (χ0) is 25.6. The van der Waals surface area contributed by atoms with Crippen LogP contribution in [0.1, 0.15) is 36.8 Å². The Hall–Kier alpha value is -4.01. The van der Waals surface area contributed by atoms with E-state index in [9.17, 15) is 18.0 Å². The topological polar surface area (TPSA) is 114 Å². The van der Waals surface area contributed by atoms with Gasteiger partial charge in [-0.05, 0) is 50.9 Å². The molecule has 8 heteroatoms. The first-order valence-electron chi connectivity index (χ1n) is 11.4. The SMILES string of the molecule is CC1C(=O)C(=O)C(C)c2c1ccc1c2ccc2ccccc21.O=S(=O)(O)c1ccc2nccnc2c1. The van der Waals surface area contributed by atoms with Gasteiger partial charge >= 0.3 is 0 Å². The van der Waals surface area contributed by atoms with Crippen LogP contribution in [-0.2, 0) is 19.7 Å². The van der Waals surface area contributed by atoms with Gasteiger partial charge in [-0.3, -0.25) is 24.1 Å². The van der Waals surface area contributed by atoms with Crippen molar-refractivity contribution in [3.8, 4) is 0 Å². The summed E-state index contributed by atoms with van der Waals surface area (Å²) in [5.41, 5.74) is 3.04. The van der Waals surface area contributed by atoms with E-state index in [1.165, 1.54) is 41.4 Å². The molecular formula is C28H22N2O5S. The second-order valence-corrected chi connectivity index (χ2v) is 10.2. The van der Waals surface area contributed by atoms with E-state index in [4.69, 9.17) is 4.55 Å². The lowest BCUT2D eigenvalue weighted by Crippen LogP contribution is -2.31. The quantitative estimate of drug-likeness (QED) is 0.191. The van der Waals surface area contributed by atoms with Crippen molar-refractivity contribution in [1.82, 2.24) is 9.97 Å². The minimum absolute atomic E-state index is 0.175. The Morgan fingerprint density at radius 2 is 1.39 bits per heavy atom. The fourth-order valence-electron chi connectivity index (χ4n) is 4.79. The van der Waals surface area contributed by atoms with Crippen LogP contribution in [0.25, 0.3) is 32.6 Å². The summed E-state index contributed by atoms with van der Waals surface area (Å²) in [6, 6.07) is 20.6. The number of aromatic nitrogens is 2. The Labute approximate surface area is 207 Å². The molecular weight excluding hydrogens is 476 g/mol. The Morgan fingerprint density at radius 3 is 2.14 bits per heavy atom. The summed E-state index contributed by atoms with van der Waals surface area (Å²) >= 11 is 0. The molecule has 2 unspecified atom stereocenters. The summed E-state index contributed by atoms with van der Waals surface area (Å²) < 4.78 is 30.3. The largest absolute Gasteiger partial charge is 0.294 e. The number of carbonyl (C=O) groups excluding carboxylic acids is 2. The lowest BCUT2D eigenvalue weighted by molar-refractivity contribution is -0.138. The van der Waals surface area contributed by atoms with Crippen LogP contribution in [0, 0.1) is 0 Å². The average Bonchev–Trinajstić information content (AvgIpc) is 2.89.